The topological polar surface area (TPSA) is 100 Å². The largest absolute Gasteiger partial charge is 0.497 e. The maximum Gasteiger partial charge on any atom is 0.227 e. The van der Waals surface area contributed by atoms with Crippen LogP contribution < -0.4 is 10.1 Å². The predicted molar refractivity (Wildman–Crippen MR) is 97.1 cm³/mol. The van der Waals surface area contributed by atoms with Crippen molar-refractivity contribution in [1.82, 2.24) is 9.97 Å². The Hall–Kier alpha value is -3.79. The Morgan fingerprint density at radius 3 is 2.69 bits per heavy atom. The van der Waals surface area contributed by atoms with Crippen molar-refractivity contribution in [2.75, 3.05) is 12.4 Å². The van der Waals surface area contributed by atoms with Crippen LogP contribution in [0.3, 0.4) is 0 Å². The van der Waals surface area contributed by atoms with Crippen LogP contribution in [0.15, 0.2) is 66.0 Å². The molecule has 0 radical (unpaired) electrons. The number of nitroso groups, excluding NO2 is 1. The Bertz CT molecular complexity index is 951. The van der Waals surface area contributed by atoms with E-state index in [0.29, 0.717) is 28.5 Å². The highest BCUT2D eigenvalue weighted by Gasteiger charge is 2.17. The van der Waals surface area contributed by atoms with Crippen LogP contribution in [0, 0.1) is 16.2 Å². The molecule has 3 rings (SSSR count). The van der Waals surface area contributed by atoms with Crippen molar-refractivity contribution >= 4 is 11.6 Å². The second kappa shape index (κ2) is 7.85. The number of hydrogen-bond donors (Lipinski definition) is 1. The van der Waals surface area contributed by atoms with E-state index >= 15 is 0 Å². The molecule has 7 nitrogen and oxygen atoms in total. The van der Waals surface area contributed by atoms with Crippen LogP contribution in [-0.2, 0) is 0 Å². The summed E-state index contributed by atoms with van der Waals surface area (Å²) in [5, 5.41) is 15.1. The van der Waals surface area contributed by atoms with Crippen LogP contribution in [0.2, 0.25) is 0 Å². The Morgan fingerprint density at radius 1 is 1.19 bits per heavy atom. The highest BCUT2D eigenvalue weighted by molar-refractivity contribution is 5.55. The van der Waals surface area contributed by atoms with Crippen molar-refractivity contribution < 1.29 is 4.74 Å². The average molecular weight is 345 g/mol. The van der Waals surface area contributed by atoms with Gasteiger partial charge in [0.15, 0.2) is 6.04 Å². The second-order valence-corrected chi connectivity index (χ2v) is 5.40. The van der Waals surface area contributed by atoms with E-state index in [0.717, 1.165) is 5.69 Å². The zero-order chi connectivity index (χ0) is 18.4. The third kappa shape index (κ3) is 3.82. The van der Waals surface area contributed by atoms with E-state index in [1.165, 1.54) is 0 Å². The monoisotopic (exact) mass is 345 g/mol. The summed E-state index contributed by atoms with van der Waals surface area (Å²) >= 11 is 0. The molecule has 0 saturated heterocycles. The van der Waals surface area contributed by atoms with E-state index in [2.05, 4.69) is 26.5 Å². The van der Waals surface area contributed by atoms with E-state index in [1.807, 2.05) is 0 Å². The lowest BCUT2D eigenvalue weighted by molar-refractivity contribution is 0.414. The summed E-state index contributed by atoms with van der Waals surface area (Å²) in [6.07, 6.45) is 1.56. The maximum absolute atomic E-state index is 11.4. The van der Waals surface area contributed by atoms with Gasteiger partial charge in [-0.1, -0.05) is 17.3 Å². The van der Waals surface area contributed by atoms with Crippen molar-refractivity contribution in [2.45, 2.75) is 6.04 Å². The van der Waals surface area contributed by atoms with Gasteiger partial charge in [0.25, 0.3) is 0 Å². The molecule has 3 aromatic rings. The highest BCUT2D eigenvalue weighted by atomic mass is 16.5. The number of methoxy groups -OCH3 is 1. The lowest BCUT2D eigenvalue weighted by Crippen LogP contribution is -2.04. The number of nitriles is 1. The van der Waals surface area contributed by atoms with Gasteiger partial charge < -0.3 is 10.1 Å². The van der Waals surface area contributed by atoms with Gasteiger partial charge in [-0.05, 0) is 48.0 Å². The fourth-order valence-corrected chi connectivity index (χ4v) is 2.44. The Balaban J connectivity index is 1.86. The minimum Gasteiger partial charge on any atom is -0.497 e. The predicted octanol–water partition coefficient (Wildman–Crippen LogP) is 3.96. The fraction of sp³-hybridized carbons (Fsp3) is 0.105. The number of nitrogens with one attached hydrogen (secondary N) is 1. The van der Waals surface area contributed by atoms with E-state index in [1.54, 1.807) is 67.9 Å². The number of ether oxygens (including phenoxy) is 1. The molecular formula is C19H15N5O2. The minimum absolute atomic E-state index is 0.337. The van der Waals surface area contributed by atoms with Gasteiger partial charge in [0, 0.05) is 11.9 Å². The summed E-state index contributed by atoms with van der Waals surface area (Å²) in [7, 11) is 1.56. The molecule has 7 heteroatoms. The molecule has 0 aliphatic heterocycles. The SMILES string of the molecule is COc1cccc(C(N=O)c2ccnc(Nc3ccc(C#N)cc3)n2)c1. The first-order chi connectivity index (χ1) is 12.7. The molecule has 1 unspecified atom stereocenters. The first-order valence-electron chi connectivity index (χ1n) is 7.80. The van der Waals surface area contributed by atoms with Crippen LogP contribution in [0.4, 0.5) is 11.6 Å². The average Bonchev–Trinajstić information content (AvgIpc) is 2.70. The van der Waals surface area contributed by atoms with Gasteiger partial charge in [-0.3, -0.25) is 0 Å². The Labute approximate surface area is 150 Å². The molecule has 1 aromatic heterocycles. The first kappa shape index (κ1) is 17.0. The van der Waals surface area contributed by atoms with Crippen molar-refractivity contribution in [3.8, 4) is 11.8 Å². The van der Waals surface area contributed by atoms with Crippen LogP contribution >= 0.6 is 0 Å². The summed E-state index contributed by atoms with van der Waals surface area (Å²) in [5.74, 6) is 0.977. The van der Waals surface area contributed by atoms with Crippen LogP contribution in [0.1, 0.15) is 22.9 Å². The summed E-state index contributed by atoms with van der Waals surface area (Å²) in [4.78, 5) is 20.0. The lowest BCUT2D eigenvalue weighted by Gasteiger charge is -2.12. The quantitative estimate of drug-likeness (QED) is 0.679. The van der Waals surface area contributed by atoms with E-state index in [9.17, 15) is 4.91 Å². The first-order valence-corrected chi connectivity index (χ1v) is 7.80. The Morgan fingerprint density at radius 2 is 2.00 bits per heavy atom. The van der Waals surface area contributed by atoms with Crippen LogP contribution in [-0.4, -0.2) is 17.1 Å². The van der Waals surface area contributed by atoms with Gasteiger partial charge >= 0.3 is 0 Å². The number of hydrogen-bond acceptors (Lipinski definition) is 7. The summed E-state index contributed by atoms with van der Waals surface area (Å²) in [6, 6.07) is 17.0. The second-order valence-electron chi connectivity index (χ2n) is 5.40. The smallest absolute Gasteiger partial charge is 0.227 e. The van der Waals surface area contributed by atoms with Gasteiger partial charge in [0.1, 0.15) is 5.75 Å². The number of aromatic nitrogens is 2. The molecule has 0 aliphatic carbocycles. The molecule has 26 heavy (non-hydrogen) atoms. The molecule has 0 spiro atoms. The van der Waals surface area contributed by atoms with E-state index in [-0.39, 0.29) is 0 Å². The summed E-state index contributed by atoms with van der Waals surface area (Å²) in [5.41, 5.74) is 2.45. The minimum atomic E-state index is -0.769. The molecule has 128 valence electrons. The number of nitrogens with zero attached hydrogens (tertiary/aromatic N) is 4. The highest BCUT2D eigenvalue weighted by Crippen LogP contribution is 2.27. The standard InChI is InChI=1S/C19H15N5O2/c1-26-16-4-2-3-14(11-16)18(24-25)17-9-10-21-19(23-17)22-15-7-5-13(12-20)6-8-15/h2-11,18H,1H3,(H,21,22,23). The third-order valence-electron chi connectivity index (χ3n) is 3.74. The van der Waals surface area contributed by atoms with Crippen molar-refractivity contribution in [3.05, 3.63) is 82.5 Å². The van der Waals surface area contributed by atoms with Crippen molar-refractivity contribution in [1.29, 1.82) is 5.26 Å². The molecule has 0 amide bonds. The summed E-state index contributed by atoms with van der Waals surface area (Å²) in [6.45, 7) is 0. The van der Waals surface area contributed by atoms with Gasteiger partial charge in [-0.2, -0.15) is 5.26 Å². The fourth-order valence-electron chi connectivity index (χ4n) is 2.44. The van der Waals surface area contributed by atoms with Gasteiger partial charge in [0.2, 0.25) is 5.95 Å². The number of anilines is 2. The number of benzene rings is 2. The van der Waals surface area contributed by atoms with Gasteiger partial charge in [0.05, 0.1) is 24.4 Å². The molecule has 0 bridgehead atoms. The summed E-state index contributed by atoms with van der Waals surface area (Å²) < 4.78 is 5.20. The third-order valence-corrected chi connectivity index (χ3v) is 3.74. The molecule has 0 saturated carbocycles. The van der Waals surface area contributed by atoms with Crippen molar-refractivity contribution in [3.63, 3.8) is 0 Å². The maximum atomic E-state index is 11.4. The molecule has 1 heterocycles. The van der Waals surface area contributed by atoms with Gasteiger partial charge in [-0.25, -0.2) is 9.97 Å². The molecule has 1 N–H and O–H groups in total. The van der Waals surface area contributed by atoms with Crippen LogP contribution in [0.5, 0.6) is 5.75 Å². The zero-order valence-electron chi connectivity index (χ0n) is 14.0. The normalized spacial score (nSPS) is 11.2. The van der Waals surface area contributed by atoms with Gasteiger partial charge in [-0.15, -0.1) is 4.91 Å². The van der Waals surface area contributed by atoms with Crippen LogP contribution in [0.25, 0.3) is 0 Å². The number of rotatable bonds is 6. The zero-order valence-corrected chi connectivity index (χ0v) is 14.0. The molecule has 0 aliphatic rings. The lowest BCUT2D eigenvalue weighted by atomic mass is 10.0. The van der Waals surface area contributed by atoms with E-state index < -0.39 is 6.04 Å². The van der Waals surface area contributed by atoms with Crippen molar-refractivity contribution in [2.24, 2.45) is 5.18 Å². The molecule has 1 atom stereocenters. The molecular weight excluding hydrogens is 330 g/mol. The van der Waals surface area contributed by atoms with E-state index in [4.69, 9.17) is 10.00 Å². The molecule has 0 fully saturated rings. The molecule has 2 aromatic carbocycles. The Kier molecular flexibility index (Phi) is 5.15.